The third-order valence-electron chi connectivity index (χ3n) is 3.67. The van der Waals surface area contributed by atoms with Crippen molar-refractivity contribution in [2.75, 3.05) is 0 Å². The summed E-state index contributed by atoms with van der Waals surface area (Å²) in [6.07, 6.45) is 0. The molecule has 0 atom stereocenters. The Morgan fingerprint density at radius 3 is 1.30 bits per heavy atom. The van der Waals surface area contributed by atoms with E-state index in [-0.39, 0.29) is 0 Å². The number of halogens is 4. The first-order valence-corrected chi connectivity index (χ1v) is 13.0. The van der Waals surface area contributed by atoms with Crippen LogP contribution in [-0.4, -0.2) is 16.6 Å². The van der Waals surface area contributed by atoms with E-state index in [1.54, 1.807) is 26.2 Å². The van der Waals surface area contributed by atoms with Crippen molar-refractivity contribution in [3.8, 4) is 0 Å². The van der Waals surface area contributed by atoms with Gasteiger partial charge >= 0.3 is 0 Å². The van der Waals surface area contributed by atoms with Crippen molar-refractivity contribution in [3.63, 3.8) is 0 Å². The van der Waals surface area contributed by atoms with Gasteiger partial charge in [-0.3, -0.25) is 0 Å². The number of benzene rings is 2. The lowest BCUT2D eigenvalue weighted by Gasteiger charge is -2.34. The quantitative estimate of drug-likeness (QED) is 0.597. The predicted molar refractivity (Wildman–Crippen MR) is 88.0 cm³/mol. The normalized spacial score (nSPS) is 12.5. The summed E-state index contributed by atoms with van der Waals surface area (Å²) in [5.41, 5.74) is 0. The first-order chi connectivity index (χ1) is 10.5. The second-order valence-electron chi connectivity index (χ2n) is 6.37. The molecule has 2 aromatic rings. The maximum atomic E-state index is 14.1. The van der Waals surface area contributed by atoms with E-state index in [0.29, 0.717) is 10.4 Å². The minimum Gasteiger partial charge on any atom is -0.449 e. The molecule has 2 rings (SSSR count). The van der Waals surface area contributed by atoms with Gasteiger partial charge in [-0.25, -0.2) is 17.6 Å². The van der Waals surface area contributed by atoms with Gasteiger partial charge in [-0.15, -0.1) is 0 Å². The fourth-order valence-corrected chi connectivity index (χ4v) is 11.0. The molecule has 0 N–H and O–H groups in total. The highest BCUT2D eigenvalue weighted by molar-refractivity contribution is 6.96. The molecule has 0 radical (unpaired) electrons. The molecule has 0 saturated heterocycles. The van der Waals surface area contributed by atoms with Crippen LogP contribution >= 0.6 is 0 Å². The molecule has 0 spiro atoms. The fraction of sp³-hybridized carbons (Fsp3) is 0.250. The maximum absolute atomic E-state index is 14.1. The van der Waals surface area contributed by atoms with Crippen molar-refractivity contribution in [2.24, 2.45) is 0 Å². The van der Waals surface area contributed by atoms with Crippen molar-refractivity contribution in [1.29, 1.82) is 0 Å². The first kappa shape index (κ1) is 17.9. The van der Waals surface area contributed by atoms with Gasteiger partial charge < -0.3 is 4.12 Å². The van der Waals surface area contributed by atoms with E-state index in [4.69, 9.17) is 4.12 Å². The number of rotatable bonds is 4. The van der Waals surface area contributed by atoms with Gasteiger partial charge in [0.2, 0.25) is 16.6 Å². The molecule has 23 heavy (non-hydrogen) atoms. The molecule has 1 nitrogen and oxygen atoms in total. The molecule has 0 heterocycles. The van der Waals surface area contributed by atoms with Gasteiger partial charge in [0.25, 0.3) is 0 Å². The van der Waals surface area contributed by atoms with Crippen LogP contribution in [0, 0.1) is 23.3 Å². The van der Waals surface area contributed by atoms with Gasteiger partial charge in [0.05, 0.1) is 0 Å². The van der Waals surface area contributed by atoms with Crippen LogP contribution in [0.5, 0.6) is 0 Å². The molecule has 0 aliphatic rings. The summed E-state index contributed by atoms with van der Waals surface area (Å²) >= 11 is 0. The summed E-state index contributed by atoms with van der Waals surface area (Å²) in [7, 11) is -5.48. The van der Waals surface area contributed by atoms with Crippen molar-refractivity contribution in [1.82, 2.24) is 0 Å². The van der Waals surface area contributed by atoms with Crippen molar-refractivity contribution < 1.29 is 21.7 Å². The van der Waals surface area contributed by atoms with Crippen LogP contribution in [0.1, 0.15) is 0 Å². The fourth-order valence-electron chi connectivity index (χ4n) is 2.70. The molecule has 0 fully saturated rings. The van der Waals surface area contributed by atoms with E-state index in [2.05, 4.69) is 0 Å². The maximum Gasteiger partial charge on any atom is 0.209 e. The lowest BCUT2D eigenvalue weighted by atomic mass is 10.3. The highest BCUT2D eigenvalue weighted by Gasteiger charge is 2.39. The van der Waals surface area contributed by atoms with Gasteiger partial charge in [0.1, 0.15) is 23.3 Å². The molecule has 0 amide bonds. The second-order valence-corrected chi connectivity index (χ2v) is 14.3. The lowest BCUT2D eigenvalue weighted by molar-refractivity contribution is 0.552. The van der Waals surface area contributed by atoms with Crippen LogP contribution in [0.4, 0.5) is 17.6 Å². The molecular weight excluding hydrogens is 340 g/mol. The van der Waals surface area contributed by atoms with Crippen LogP contribution in [0.3, 0.4) is 0 Å². The average Bonchev–Trinajstić information content (AvgIpc) is 2.35. The molecule has 2 aromatic carbocycles. The SMILES string of the molecule is C[Si](C)(O[Si](C)(C)c1ccc(F)cc1F)c1ccc(F)cc1F. The van der Waals surface area contributed by atoms with E-state index < -0.39 is 39.9 Å². The highest BCUT2D eigenvalue weighted by atomic mass is 28.4. The summed E-state index contributed by atoms with van der Waals surface area (Å²) in [6.45, 7) is 7.11. The van der Waals surface area contributed by atoms with Gasteiger partial charge in [0, 0.05) is 22.5 Å². The van der Waals surface area contributed by atoms with Crippen LogP contribution in [0.15, 0.2) is 36.4 Å². The lowest BCUT2D eigenvalue weighted by Crippen LogP contribution is -2.59. The van der Waals surface area contributed by atoms with E-state index >= 15 is 0 Å². The molecule has 124 valence electrons. The smallest absolute Gasteiger partial charge is 0.209 e. The molecule has 0 aliphatic carbocycles. The Kier molecular flexibility index (Phi) is 4.84. The van der Waals surface area contributed by atoms with Crippen LogP contribution in [0.2, 0.25) is 26.2 Å². The molecule has 0 saturated carbocycles. The Labute approximate surface area is 135 Å². The van der Waals surface area contributed by atoms with Crippen molar-refractivity contribution in [2.45, 2.75) is 26.2 Å². The Morgan fingerprint density at radius 2 is 1.00 bits per heavy atom. The number of hydrogen-bond donors (Lipinski definition) is 0. The third-order valence-corrected chi connectivity index (χ3v) is 11.2. The third kappa shape index (κ3) is 3.91. The van der Waals surface area contributed by atoms with Gasteiger partial charge in [-0.1, -0.05) is 12.1 Å². The Morgan fingerprint density at radius 1 is 0.652 bits per heavy atom. The zero-order valence-corrected chi connectivity index (χ0v) is 15.4. The zero-order chi connectivity index (χ0) is 17.4. The predicted octanol–water partition coefficient (Wildman–Crippen LogP) is 3.78. The van der Waals surface area contributed by atoms with E-state index in [1.807, 2.05) is 0 Å². The average molecular weight is 358 g/mol. The second kappa shape index (κ2) is 6.22. The Bertz CT molecular complexity index is 671. The zero-order valence-electron chi connectivity index (χ0n) is 13.4. The molecule has 0 unspecified atom stereocenters. The van der Waals surface area contributed by atoms with Crippen molar-refractivity contribution in [3.05, 3.63) is 59.7 Å². The summed E-state index contributed by atoms with van der Waals surface area (Å²) in [5.74, 6) is -2.63. The van der Waals surface area contributed by atoms with Crippen LogP contribution in [-0.2, 0) is 4.12 Å². The molecule has 0 bridgehead atoms. The minimum absolute atomic E-state index is 0.321. The monoisotopic (exact) mass is 358 g/mol. The first-order valence-electron chi connectivity index (χ1n) is 7.14. The standard InChI is InChI=1S/C16H18F4OSi2/c1-22(2,15-7-5-11(17)9-13(15)19)21-23(3,4)16-8-6-12(18)10-14(16)20/h5-10H,1-4H3. The van der Waals surface area contributed by atoms with Gasteiger partial charge in [-0.05, 0) is 38.3 Å². The Hall–Kier alpha value is -1.45. The summed E-state index contributed by atoms with van der Waals surface area (Å²) in [6, 6.07) is 6.76. The van der Waals surface area contributed by atoms with E-state index in [9.17, 15) is 17.6 Å². The van der Waals surface area contributed by atoms with Crippen molar-refractivity contribution >= 4 is 27.0 Å². The van der Waals surface area contributed by atoms with Crippen LogP contribution < -0.4 is 10.4 Å². The molecule has 7 heteroatoms. The van der Waals surface area contributed by atoms with Gasteiger partial charge in [-0.2, -0.15) is 0 Å². The minimum atomic E-state index is -2.74. The van der Waals surface area contributed by atoms with E-state index in [0.717, 1.165) is 12.1 Å². The highest BCUT2D eigenvalue weighted by Crippen LogP contribution is 2.18. The van der Waals surface area contributed by atoms with E-state index in [1.165, 1.54) is 24.3 Å². The summed E-state index contributed by atoms with van der Waals surface area (Å²) in [5, 5.41) is 0.643. The largest absolute Gasteiger partial charge is 0.449 e. The molecule has 0 aliphatic heterocycles. The topological polar surface area (TPSA) is 9.23 Å². The number of hydrogen-bond acceptors (Lipinski definition) is 1. The summed E-state index contributed by atoms with van der Waals surface area (Å²) in [4.78, 5) is 0. The molecular formula is C16H18F4OSi2. The van der Waals surface area contributed by atoms with Crippen LogP contribution in [0.25, 0.3) is 0 Å². The Balaban J connectivity index is 2.37. The summed E-state index contributed by atoms with van der Waals surface area (Å²) < 4.78 is 60.5. The molecule has 0 aromatic heterocycles. The van der Waals surface area contributed by atoms with Gasteiger partial charge in [0.15, 0.2) is 0 Å².